The van der Waals surface area contributed by atoms with E-state index in [0.29, 0.717) is 37.8 Å². The van der Waals surface area contributed by atoms with Crippen molar-refractivity contribution >= 4 is 11.6 Å². The van der Waals surface area contributed by atoms with Crippen LogP contribution in [0.15, 0.2) is 48.5 Å². The van der Waals surface area contributed by atoms with Crippen molar-refractivity contribution in [3.8, 4) is 5.75 Å². The first-order valence-electron chi connectivity index (χ1n) is 9.51. The van der Waals surface area contributed by atoms with Crippen LogP contribution in [0.5, 0.6) is 5.75 Å². The zero-order chi connectivity index (χ0) is 19.4. The molecule has 1 amide bonds. The first kappa shape index (κ1) is 19.2. The molecule has 1 heterocycles. The van der Waals surface area contributed by atoms with Gasteiger partial charge in [0.05, 0.1) is 5.69 Å². The van der Waals surface area contributed by atoms with Gasteiger partial charge in [-0.2, -0.15) is 0 Å². The van der Waals surface area contributed by atoms with Crippen LogP contribution in [0.2, 0.25) is 0 Å². The second-order valence-corrected chi connectivity index (χ2v) is 7.22. The topological polar surface area (TPSA) is 32.8 Å². The molecule has 1 atom stereocenters. The van der Waals surface area contributed by atoms with Gasteiger partial charge in [0.2, 0.25) is 0 Å². The molecule has 0 aromatic heterocycles. The van der Waals surface area contributed by atoms with Crippen LogP contribution in [0.4, 0.5) is 10.1 Å². The number of ether oxygens (including phenoxy) is 1. The standard InChI is InChI=1S/C22H27FN2O2/c1-16(2)18-8-4-7-11-21(18)27-17(3)22(26)25-14-12-24(13-15-25)20-10-6-5-9-19(20)23/h4-11,16-17H,12-15H2,1-3H3/t17-/m0/s1. The molecule has 144 valence electrons. The summed E-state index contributed by atoms with van der Waals surface area (Å²) in [7, 11) is 0. The Morgan fingerprint density at radius 1 is 0.963 bits per heavy atom. The van der Waals surface area contributed by atoms with Gasteiger partial charge in [0.1, 0.15) is 11.6 Å². The van der Waals surface area contributed by atoms with Crippen LogP contribution in [-0.4, -0.2) is 43.1 Å². The Balaban J connectivity index is 1.60. The number of hydrogen-bond donors (Lipinski definition) is 0. The minimum Gasteiger partial charge on any atom is -0.481 e. The number of hydrogen-bond acceptors (Lipinski definition) is 3. The van der Waals surface area contributed by atoms with Crippen LogP contribution in [0.1, 0.15) is 32.3 Å². The molecule has 0 saturated carbocycles. The third-order valence-electron chi connectivity index (χ3n) is 4.98. The number of benzene rings is 2. The Kier molecular flexibility index (Phi) is 5.99. The molecule has 2 aromatic carbocycles. The summed E-state index contributed by atoms with van der Waals surface area (Å²) in [5.41, 5.74) is 1.70. The van der Waals surface area contributed by atoms with E-state index < -0.39 is 6.10 Å². The van der Waals surface area contributed by atoms with Crippen molar-refractivity contribution in [2.45, 2.75) is 32.8 Å². The normalized spacial score (nSPS) is 15.7. The minimum absolute atomic E-state index is 0.0262. The molecule has 4 nitrogen and oxygen atoms in total. The maximum absolute atomic E-state index is 14.0. The molecule has 1 aliphatic rings. The second kappa shape index (κ2) is 8.42. The van der Waals surface area contributed by atoms with Crippen LogP contribution in [0.3, 0.4) is 0 Å². The summed E-state index contributed by atoms with van der Waals surface area (Å²) in [5.74, 6) is 0.840. The molecule has 0 aliphatic carbocycles. The van der Waals surface area contributed by atoms with Crippen LogP contribution in [0, 0.1) is 5.82 Å². The maximum Gasteiger partial charge on any atom is 0.263 e. The molecule has 1 fully saturated rings. The summed E-state index contributed by atoms with van der Waals surface area (Å²) in [6.45, 7) is 8.36. The number of amides is 1. The number of anilines is 1. The summed E-state index contributed by atoms with van der Waals surface area (Å²) in [5, 5.41) is 0. The molecular weight excluding hydrogens is 343 g/mol. The number of nitrogens with zero attached hydrogens (tertiary/aromatic N) is 2. The zero-order valence-corrected chi connectivity index (χ0v) is 16.2. The third kappa shape index (κ3) is 4.41. The van der Waals surface area contributed by atoms with Gasteiger partial charge in [0, 0.05) is 26.2 Å². The van der Waals surface area contributed by atoms with Crippen LogP contribution >= 0.6 is 0 Å². The van der Waals surface area contributed by atoms with E-state index in [4.69, 9.17) is 4.74 Å². The first-order chi connectivity index (χ1) is 13.0. The molecule has 0 N–H and O–H groups in total. The molecule has 2 aromatic rings. The summed E-state index contributed by atoms with van der Waals surface area (Å²) in [6, 6.07) is 14.6. The zero-order valence-electron chi connectivity index (χ0n) is 16.2. The number of carbonyl (C=O) groups excluding carboxylic acids is 1. The van der Waals surface area contributed by atoms with E-state index in [2.05, 4.69) is 13.8 Å². The molecule has 1 aliphatic heterocycles. The highest BCUT2D eigenvalue weighted by Gasteiger charge is 2.27. The molecule has 3 rings (SSSR count). The van der Waals surface area contributed by atoms with E-state index in [0.717, 1.165) is 11.3 Å². The van der Waals surface area contributed by atoms with Gasteiger partial charge in [0.25, 0.3) is 5.91 Å². The van der Waals surface area contributed by atoms with Crippen molar-refractivity contribution in [3.63, 3.8) is 0 Å². The Hall–Kier alpha value is -2.56. The molecule has 0 bridgehead atoms. The molecule has 1 saturated heterocycles. The van der Waals surface area contributed by atoms with E-state index in [1.54, 1.807) is 24.0 Å². The molecular formula is C22H27FN2O2. The van der Waals surface area contributed by atoms with Gasteiger partial charge in [-0.3, -0.25) is 4.79 Å². The summed E-state index contributed by atoms with van der Waals surface area (Å²) < 4.78 is 19.9. The van der Waals surface area contributed by atoms with Crippen molar-refractivity contribution in [2.75, 3.05) is 31.1 Å². The van der Waals surface area contributed by atoms with Crippen LogP contribution in [-0.2, 0) is 4.79 Å². The number of carbonyl (C=O) groups is 1. The molecule has 0 unspecified atom stereocenters. The average molecular weight is 370 g/mol. The summed E-state index contributed by atoms with van der Waals surface area (Å²) in [6.07, 6.45) is -0.551. The van der Waals surface area contributed by atoms with Gasteiger partial charge < -0.3 is 14.5 Å². The lowest BCUT2D eigenvalue weighted by Gasteiger charge is -2.37. The van der Waals surface area contributed by atoms with E-state index >= 15 is 0 Å². The molecule has 0 spiro atoms. The Morgan fingerprint density at radius 3 is 2.26 bits per heavy atom. The molecule has 5 heteroatoms. The first-order valence-corrected chi connectivity index (χ1v) is 9.51. The lowest BCUT2D eigenvalue weighted by molar-refractivity contribution is -0.138. The third-order valence-corrected chi connectivity index (χ3v) is 4.98. The van der Waals surface area contributed by atoms with Crippen LogP contribution in [0.25, 0.3) is 0 Å². The van der Waals surface area contributed by atoms with E-state index in [-0.39, 0.29) is 11.7 Å². The highest BCUT2D eigenvalue weighted by atomic mass is 19.1. The van der Waals surface area contributed by atoms with E-state index in [1.807, 2.05) is 35.2 Å². The van der Waals surface area contributed by atoms with Gasteiger partial charge in [0.15, 0.2) is 6.10 Å². The van der Waals surface area contributed by atoms with Crippen molar-refractivity contribution in [3.05, 3.63) is 59.9 Å². The predicted molar refractivity (Wildman–Crippen MR) is 106 cm³/mol. The van der Waals surface area contributed by atoms with Crippen molar-refractivity contribution < 1.29 is 13.9 Å². The lowest BCUT2D eigenvalue weighted by Crippen LogP contribution is -2.52. The fourth-order valence-electron chi connectivity index (χ4n) is 3.44. The summed E-state index contributed by atoms with van der Waals surface area (Å²) in [4.78, 5) is 16.6. The Labute approximate surface area is 160 Å². The van der Waals surface area contributed by atoms with E-state index in [1.165, 1.54) is 6.07 Å². The van der Waals surface area contributed by atoms with Crippen molar-refractivity contribution in [1.29, 1.82) is 0 Å². The Morgan fingerprint density at radius 2 is 1.59 bits per heavy atom. The quantitative estimate of drug-likeness (QED) is 0.796. The fourth-order valence-corrected chi connectivity index (χ4v) is 3.44. The smallest absolute Gasteiger partial charge is 0.263 e. The number of piperazine rings is 1. The SMILES string of the molecule is CC(C)c1ccccc1O[C@@H](C)C(=O)N1CCN(c2ccccc2F)CC1. The summed E-state index contributed by atoms with van der Waals surface area (Å²) >= 11 is 0. The van der Waals surface area contributed by atoms with Gasteiger partial charge in [-0.1, -0.05) is 44.2 Å². The monoisotopic (exact) mass is 370 g/mol. The highest BCUT2D eigenvalue weighted by molar-refractivity contribution is 5.81. The second-order valence-electron chi connectivity index (χ2n) is 7.22. The minimum atomic E-state index is -0.551. The lowest BCUT2D eigenvalue weighted by atomic mass is 10.0. The highest BCUT2D eigenvalue weighted by Crippen LogP contribution is 2.27. The van der Waals surface area contributed by atoms with Crippen LogP contribution < -0.4 is 9.64 Å². The maximum atomic E-state index is 14.0. The van der Waals surface area contributed by atoms with Gasteiger partial charge in [-0.15, -0.1) is 0 Å². The largest absolute Gasteiger partial charge is 0.481 e. The number of halogens is 1. The molecule has 0 radical (unpaired) electrons. The average Bonchev–Trinajstić information content (AvgIpc) is 2.68. The predicted octanol–water partition coefficient (Wildman–Crippen LogP) is 4.07. The Bertz CT molecular complexity index is 785. The van der Waals surface area contributed by atoms with Gasteiger partial charge in [-0.05, 0) is 36.6 Å². The van der Waals surface area contributed by atoms with Crippen molar-refractivity contribution in [1.82, 2.24) is 4.90 Å². The number of rotatable bonds is 5. The van der Waals surface area contributed by atoms with Gasteiger partial charge >= 0.3 is 0 Å². The molecule has 27 heavy (non-hydrogen) atoms. The number of para-hydroxylation sites is 2. The van der Waals surface area contributed by atoms with E-state index in [9.17, 15) is 9.18 Å². The van der Waals surface area contributed by atoms with Crippen molar-refractivity contribution in [2.24, 2.45) is 0 Å². The van der Waals surface area contributed by atoms with Gasteiger partial charge in [-0.25, -0.2) is 4.39 Å². The fraction of sp³-hybridized carbons (Fsp3) is 0.409.